The second-order valence-corrected chi connectivity index (χ2v) is 6.83. The van der Waals surface area contributed by atoms with E-state index in [1.54, 1.807) is 12.1 Å². The summed E-state index contributed by atoms with van der Waals surface area (Å²) in [5.41, 5.74) is 1.83. The molecule has 1 heterocycles. The number of thioether (sulfide) groups is 1. The molecule has 0 radical (unpaired) electrons. The Balaban J connectivity index is 1.50. The first kappa shape index (κ1) is 17.8. The minimum atomic E-state index is -0.643. The van der Waals surface area contributed by atoms with Crippen molar-refractivity contribution in [3.8, 4) is 17.2 Å². The number of halogens is 1. The fourth-order valence-electron chi connectivity index (χ4n) is 2.10. The third-order valence-electron chi connectivity index (χ3n) is 3.42. The zero-order valence-corrected chi connectivity index (χ0v) is 15.1. The Labute approximate surface area is 155 Å². The number of aryl methyl sites for hydroxylation is 1. The van der Waals surface area contributed by atoms with E-state index in [9.17, 15) is 5.11 Å². The maximum Gasteiger partial charge on any atom is 0.276 e. The van der Waals surface area contributed by atoms with Crippen molar-refractivity contribution in [1.29, 1.82) is 0 Å². The van der Waals surface area contributed by atoms with Crippen molar-refractivity contribution in [3.63, 3.8) is 0 Å². The lowest BCUT2D eigenvalue weighted by molar-refractivity contribution is 0.126. The molecule has 7 heteroatoms. The normalized spacial score (nSPS) is 12.1. The molecule has 0 aliphatic heterocycles. The maximum absolute atomic E-state index is 10.1. The lowest BCUT2D eigenvalue weighted by atomic mass is 10.2. The van der Waals surface area contributed by atoms with E-state index in [4.69, 9.17) is 20.8 Å². The Hall–Kier alpha value is -2.02. The molecule has 0 aliphatic rings. The van der Waals surface area contributed by atoms with Gasteiger partial charge in [-0.15, -0.1) is 10.2 Å². The van der Waals surface area contributed by atoms with Crippen LogP contribution in [-0.2, 0) is 0 Å². The summed E-state index contributed by atoms with van der Waals surface area (Å²) in [7, 11) is 0. The number of para-hydroxylation sites is 1. The van der Waals surface area contributed by atoms with Gasteiger partial charge in [0.15, 0.2) is 0 Å². The molecule has 2 aromatic carbocycles. The minimum absolute atomic E-state index is 0.204. The van der Waals surface area contributed by atoms with E-state index < -0.39 is 6.10 Å². The third-order valence-corrected chi connectivity index (χ3v) is 4.64. The van der Waals surface area contributed by atoms with Crippen LogP contribution in [0, 0.1) is 6.92 Å². The molecular weight excluding hydrogens is 360 g/mol. The predicted octanol–water partition coefficient (Wildman–Crippen LogP) is 4.23. The van der Waals surface area contributed by atoms with Gasteiger partial charge in [0.05, 0.1) is 6.10 Å². The molecule has 0 bridgehead atoms. The summed E-state index contributed by atoms with van der Waals surface area (Å²) in [4.78, 5) is 0. The van der Waals surface area contributed by atoms with Crippen LogP contribution in [0.2, 0.25) is 5.02 Å². The van der Waals surface area contributed by atoms with Gasteiger partial charge in [0.1, 0.15) is 12.4 Å². The monoisotopic (exact) mass is 376 g/mol. The largest absolute Gasteiger partial charge is 0.491 e. The van der Waals surface area contributed by atoms with E-state index in [0.717, 1.165) is 16.9 Å². The molecule has 0 fully saturated rings. The number of ether oxygens (including phenoxy) is 1. The number of rotatable bonds is 7. The molecule has 0 aliphatic carbocycles. The fraction of sp³-hybridized carbons (Fsp3) is 0.222. The highest BCUT2D eigenvalue weighted by Crippen LogP contribution is 2.25. The molecule has 5 nitrogen and oxygen atoms in total. The molecule has 1 aromatic heterocycles. The minimum Gasteiger partial charge on any atom is -0.491 e. The number of aliphatic hydroxyl groups is 1. The first-order valence-corrected chi connectivity index (χ1v) is 9.07. The highest BCUT2D eigenvalue weighted by molar-refractivity contribution is 7.99. The van der Waals surface area contributed by atoms with Gasteiger partial charge in [-0.3, -0.25) is 0 Å². The molecule has 25 heavy (non-hydrogen) atoms. The van der Waals surface area contributed by atoms with E-state index in [1.165, 1.54) is 11.8 Å². The number of hydrogen-bond donors (Lipinski definition) is 1. The Kier molecular flexibility index (Phi) is 5.96. The molecule has 0 unspecified atom stereocenters. The first-order valence-electron chi connectivity index (χ1n) is 7.70. The number of hydrogen-bond acceptors (Lipinski definition) is 6. The summed E-state index contributed by atoms with van der Waals surface area (Å²) < 4.78 is 11.2. The zero-order chi connectivity index (χ0) is 17.6. The summed E-state index contributed by atoms with van der Waals surface area (Å²) in [5.74, 6) is 1.59. The summed E-state index contributed by atoms with van der Waals surface area (Å²) in [5, 5.41) is 19.1. The van der Waals surface area contributed by atoms with E-state index in [2.05, 4.69) is 10.2 Å². The molecule has 0 saturated carbocycles. The van der Waals surface area contributed by atoms with Crippen LogP contribution in [0.3, 0.4) is 0 Å². The number of nitrogens with zero attached hydrogens (tertiary/aromatic N) is 2. The van der Waals surface area contributed by atoms with Gasteiger partial charge in [0.25, 0.3) is 5.22 Å². The van der Waals surface area contributed by atoms with Crippen molar-refractivity contribution in [2.24, 2.45) is 0 Å². The summed E-state index contributed by atoms with van der Waals surface area (Å²) in [6, 6.07) is 14.9. The van der Waals surface area contributed by atoms with Crippen LogP contribution in [-0.4, -0.2) is 33.8 Å². The predicted molar refractivity (Wildman–Crippen MR) is 98.1 cm³/mol. The van der Waals surface area contributed by atoms with Crippen LogP contribution in [0.5, 0.6) is 5.75 Å². The van der Waals surface area contributed by atoms with Gasteiger partial charge in [-0.1, -0.05) is 41.6 Å². The smallest absolute Gasteiger partial charge is 0.276 e. The van der Waals surface area contributed by atoms with E-state index in [1.807, 2.05) is 43.3 Å². The van der Waals surface area contributed by atoms with Crippen LogP contribution in [0.15, 0.2) is 58.2 Å². The van der Waals surface area contributed by atoms with Crippen molar-refractivity contribution < 1.29 is 14.3 Å². The average molecular weight is 377 g/mol. The molecule has 1 N–H and O–H groups in total. The lowest BCUT2D eigenvalue weighted by Crippen LogP contribution is -2.20. The first-order chi connectivity index (χ1) is 12.1. The van der Waals surface area contributed by atoms with Crippen LogP contribution in [0.25, 0.3) is 11.5 Å². The summed E-state index contributed by atoms with van der Waals surface area (Å²) in [6.45, 7) is 2.17. The molecule has 0 amide bonds. The Morgan fingerprint density at radius 2 is 1.92 bits per heavy atom. The van der Waals surface area contributed by atoms with Gasteiger partial charge in [0.2, 0.25) is 5.89 Å². The Morgan fingerprint density at radius 3 is 2.68 bits per heavy atom. The molecule has 3 rings (SSSR count). The SMILES string of the molecule is Cc1ccccc1OC[C@@H](O)CSc1nnc(-c2ccc(Cl)cc2)o1. The number of benzene rings is 2. The van der Waals surface area contributed by atoms with Crippen LogP contribution in [0.4, 0.5) is 0 Å². The van der Waals surface area contributed by atoms with Crippen molar-refractivity contribution in [2.75, 3.05) is 12.4 Å². The van der Waals surface area contributed by atoms with Gasteiger partial charge in [-0.2, -0.15) is 0 Å². The van der Waals surface area contributed by atoms with Gasteiger partial charge in [0, 0.05) is 16.3 Å². The van der Waals surface area contributed by atoms with E-state index in [0.29, 0.717) is 21.9 Å². The molecule has 0 spiro atoms. The highest BCUT2D eigenvalue weighted by atomic mass is 35.5. The standard InChI is InChI=1S/C18H17ClN2O3S/c1-12-4-2-3-5-16(12)23-10-15(22)11-25-18-21-20-17(24-18)13-6-8-14(19)9-7-13/h2-9,15,22H,10-11H2,1H3/t15-/m1/s1. The fourth-order valence-corrected chi connectivity index (χ4v) is 2.89. The molecule has 3 aromatic rings. The highest BCUT2D eigenvalue weighted by Gasteiger charge is 2.12. The quantitative estimate of drug-likeness (QED) is 0.622. The number of aliphatic hydroxyl groups excluding tert-OH is 1. The van der Waals surface area contributed by atoms with Gasteiger partial charge >= 0.3 is 0 Å². The van der Waals surface area contributed by atoms with Crippen molar-refractivity contribution in [1.82, 2.24) is 10.2 Å². The van der Waals surface area contributed by atoms with Crippen molar-refractivity contribution in [3.05, 3.63) is 59.1 Å². The van der Waals surface area contributed by atoms with E-state index in [-0.39, 0.29) is 6.61 Å². The van der Waals surface area contributed by atoms with Crippen LogP contribution >= 0.6 is 23.4 Å². The van der Waals surface area contributed by atoms with Crippen LogP contribution in [0.1, 0.15) is 5.56 Å². The van der Waals surface area contributed by atoms with Gasteiger partial charge < -0.3 is 14.3 Å². The molecule has 130 valence electrons. The van der Waals surface area contributed by atoms with Crippen molar-refractivity contribution in [2.45, 2.75) is 18.3 Å². The summed E-state index contributed by atoms with van der Waals surface area (Å²) >= 11 is 7.15. The second kappa shape index (κ2) is 8.38. The topological polar surface area (TPSA) is 68.4 Å². The maximum atomic E-state index is 10.1. The zero-order valence-electron chi connectivity index (χ0n) is 13.6. The molecule has 0 saturated heterocycles. The molecular formula is C18H17ClN2O3S. The van der Waals surface area contributed by atoms with Gasteiger partial charge in [-0.05, 0) is 42.8 Å². The van der Waals surface area contributed by atoms with E-state index >= 15 is 0 Å². The number of aromatic nitrogens is 2. The van der Waals surface area contributed by atoms with Crippen LogP contribution < -0.4 is 4.74 Å². The second-order valence-electron chi connectivity index (χ2n) is 5.42. The molecule has 1 atom stereocenters. The third kappa shape index (κ3) is 4.98. The van der Waals surface area contributed by atoms with Crippen molar-refractivity contribution >= 4 is 23.4 Å². The Bertz CT molecular complexity index is 823. The average Bonchev–Trinajstić information content (AvgIpc) is 3.09. The van der Waals surface area contributed by atoms with Gasteiger partial charge in [-0.25, -0.2) is 0 Å². The Morgan fingerprint density at radius 1 is 1.16 bits per heavy atom. The lowest BCUT2D eigenvalue weighted by Gasteiger charge is -2.12. The summed E-state index contributed by atoms with van der Waals surface area (Å²) in [6.07, 6.45) is -0.643.